The Labute approximate surface area is 172 Å². The van der Waals surface area contributed by atoms with Crippen LogP contribution in [-0.2, 0) is 20.1 Å². The highest BCUT2D eigenvalue weighted by Crippen LogP contribution is 2.24. The second kappa shape index (κ2) is 8.05. The van der Waals surface area contributed by atoms with Gasteiger partial charge >= 0.3 is 0 Å². The summed E-state index contributed by atoms with van der Waals surface area (Å²) in [5.41, 5.74) is 9.18. The Morgan fingerprint density at radius 3 is 2.24 bits per heavy atom. The van der Waals surface area contributed by atoms with Crippen molar-refractivity contribution in [3.8, 4) is 16.9 Å². The molecule has 0 spiro atoms. The van der Waals surface area contributed by atoms with Crippen molar-refractivity contribution in [2.24, 2.45) is 7.05 Å². The summed E-state index contributed by atoms with van der Waals surface area (Å²) in [4.78, 5) is 0. The summed E-state index contributed by atoms with van der Waals surface area (Å²) in [6, 6.07) is 18.8. The standard InChI is InChI=1S/C24H27N5/c1-17-10-12-20(13-11-17)24-21(16-29(27-24)22-8-6-5-7-9-22)14-25-15-23-18(2)26-28(4)19(23)3/h5-13,16,25H,14-15H2,1-4H3. The molecule has 4 aromatic rings. The van der Waals surface area contributed by atoms with Crippen LogP contribution in [0.4, 0.5) is 0 Å². The molecule has 5 heteroatoms. The van der Waals surface area contributed by atoms with E-state index in [1.807, 2.05) is 34.6 Å². The van der Waals surface area contributed by atoms with Crippen LogP contribution in [0.1, 0.15) is 28.1 Å². The fourth-order valence-electron chi connectivity index (χ4n) is 3.60. The number of rotatable bonds is 6. The van der Waals surface area contributed by atoms with Crippen molar-refractivity contribution in [3.05, 3.63) is 88.9 Å². The minimum absolute atomic E-state index is 0.740. The number of hydrogen-bond acceptors (Lipinski definition) is 3. The molecule has 0 unspecified atom stereocenters. The highest BCUT2D eigenvalue weighted by Gasteiger charge is 2.14. The molecule has 0 radical (unpaired) electrons. The Kier molecular flexibility index (Phi) is 5.32. The SMILES string of the molecule is Cc1ccc(-c2nn(-c3ccccc3)cc2CNCc2c(C)nn(C)c2C)cc1. The number of aryl methyl sites for hydroxylation is 3. The van der Waals surface area contributed by atoms with E-state index in [1.165, 1.54) is 22.4 Å². The van der Waals surface area contributed by atoms with Crippen LogP contribution in [0.25, 0.3) is 16.9 Å². The predicted octanol–water partition coefficient (Wildman–Crippen LogP) is 4.49. The van der Waals surface area contributed by atoms with Crippen molar-refractivity contribution in [1.82, 2.24) is 24.9 Å². The Hall–Kier alpha value is -3.18. The van der Waals surface area contributed by atoms with E-state index < -0.39 is 0 Å². The summed E-state index contributed by atoms with van der Waals surface area (Å²) in [7, 11) is 1.99. The Morgan fingerprint density at radius 1 is 0.862 bits per heavy atom. The summed E-state index contributed by atoms with van der Waals surface area (Å²) in [6.07, 6.45) is 2.13. The van der Waals surface area contributed by atoms with Gasteiger partial charge in [-0.05, 0) is 32.9 Å². The molecular weight excluding hydrogens is 358 g/mol. The fraction of sp³-hybridized carbons (Fsp3) is 0.250. The van der Waals surface area contributed by atoms with E-state index in [0.29, 0.717) is 0 Å². The second-order valence-corrected chi connectivity index (χ2v) is 7.53. The smallest absolute Gasteiger partial charge is 0.0972 e. The zero-order valence-corrected chi connectivity index (χ0v) is 17.5. The minimum atomic E-state index is 0.740. The largest absolute Gasteiger partial charge is 0.308 e. The molecule has 0 saturated heterocycles. The third-order valence-electron chi connectivity index (χ3n) is 5.41. The van der Waals surface area contributed by atoms with E-state index in [-0.39, 0.29) is 0 Å². The van der Waals surface area contributed by atoms with E-state index >= 15 is 0 Å². The zero-order valence-electron chi connectivity index (χ0n) is 17.5. The quantitative estimate of drug-likeness (QED) is 0.532. The lowest BCUT2D eigenvalue weighted by Gasteiger charge is -2.06. The molecule has 2 aromatic carbocycles. The van der Waals surface area contributed by atoms with E-state index in [0.717, 1.165) is 35.7 Å². The molecule has 0 aliphatic carbocycles. The normalized spacial score (nSPS) is 11.2. The minimum Gasteiger partial charge on any atom is -0.308 e. The van der Waals surface area contributed by atoms with Gasteiger partial charge in [0.05, 0.1) is 17.1 Å². The van der Waals surface area contributed by atoms with Gasteiger partial charge in [-0.15, -0.1) is 0 Å². The van der Waals surface area contributed by atoms with Gasteiger partial charge in [0.1, 0.15) is 0 Å². The zero-order chi connectivity index (χ0) is 20.4. The summed E-state index contributed by atoms with van der Waals surface area (Å²) < 4.78 is 3.91. The summed E-state index contributed by atoms with van der Waals surface area (Å²) >= 11 is 0. The van der Waals surface area contributed by atoms with Gasteiger partial charge in [0.15, 0.2) is 0 Å². The second-order valence-electron chi connectivity index (χ2n) is 7.53. The molecule has 5 nitrogen and oxygen atoms in total. The van der Waals surface area contributed by atoms with Crippen molar-refractivity contribution in [2.75, 3.05) is 0 Å². The number of hydrogen-bond donors (Lipinski definition) is 1. The molecule has 1 N–H and O–H groups in total. The molecule has 148 valence electrons. The maximum Gasteiger partial charge on any atom is 0.0972 e. The maximum absolute atomic E-state index is 4.91. The molecule has 0 saturated carbocycles. The third kappa shape index (κ3) is 4.00. The van der Waals surface area contributed by atoms with E-state index in [2.05, 4.69) is 73.8 Å². The maximum atomic E-state index is 4.91. The predicted molar refractivity (Wildman–Crippen MR) is 117 cm³/mol. The average molecular weight is 386 g/mol. The molecular formula is C24H27N5. The molecule has 2 heterocycles. The van der Waals surface area contributed by atoms with E-state index in [4.69, 9.17) is 5.10 Å². The number of nitrogens with zero attached hydrogens (tertiary/aromatic N) is 4. The van der Waals surface area contributed by atoms with Crippen LogP contribution >= 0.6 is 0 Å². The first-order valence-electron chi connectivity index (χ1n) is 9.93. The number of benzene rings is 2. The highest BCUT2D eigenvalue weighted by atomic mass is 15.3. The van der Waals surface area contributed by atoms with Gasteiger partial charge in [0, 0.05) is 48.7 Å². The van der Waals surface area contributed by atoms with Crippen molar-refractivity contribution >= 4 is 0 Å². The Bertz CT molecular complexity index is 1100. The number of nitrogens with one attached hydrogen (secondary N) is 1. The Balaban J connectivity index is 1.62. The summed E-state index contributed by atoms with van der Waals surface area (Å²) in [5.74, 6) is 0. The first kappa shape index (κ1) is 19.2. The first-order chi connectivity index (χ1) is 14.0. The van der Waals surface area contributed by atoms with Crippen molar-refractivity contribution < 1.29 is 0 Å². The van der Waals surface area contributed by atoms with Crippen LogP contribution in [0.5, 0.6) is 0 Å². The van der Waals surface area contributed by atoms with Gasteiger partial charge in [-0.2, -0.15) is 10.2 Å². The lowest BCUT2D eigenvalue weighted by Crippen LogP contribution is -2.14. The molecule has 2 aromatic heterocycles. The third-order valence-corrected chi connectivity index (χ3v) is 5.41. The van der Waals surface area contributed by atoms with E-state index in [9.17, 15) is 0 Å². The van der Waals surface area contributed by atoms with Gasteiger partial charge in [0.25, 0.3) is 0 Å². The molecule has 4 rings (SSSR count). The Morgan fingerprint density at radius 2 is 1.59 bits per heavy atom. The van der Waals surface area contributed by atoms with Crippen LogP contribution in [0.3, 0.4) is 0 Å². The van der Waals surface area contributed by atoms with Crippen molar-refractivity contribution in [1.29, 1.82) is 0 Å². The topological polar surface area (TPSA) is 47.7 Å². The molecule has 29 heavy (non-hydrogen) atoms. The number of aromatic nitrogens is 4. The molecule has 0 atom stereocenters. The monoisotopic (exact) mass is 385 g/mol. The van der Waals surface area contributed by atoms with Gasteiger partial charge in [-0.3, -0.25) is 4.68 Å². The van der Waals surface area contributed by atoms with Crippen molar-refractivity contribution in [2.45, 2.75) is 33.9 Å². The van der Waals surface area contributed by atoms with Gasteiger partial charge < -0.3 is 5.32 Å². The average Bonchev–Trinajstić information content (AvgIpc) is 3.25. The fourth-order valence-corrected chi connectivity index (χ4v) is 3.60. The first-order valence-corrected chi connectivity index (χ1v) is 9.93. The van der Waals surface area contributed by atoms with Crippen LogP contribution in [0.15, 0.2) is 60.8 Å². The molecule has 0 fully saturated rings. The number of para-hydroxylation sites is 1. The van der Waals surface area contributed by atoms with Crippen LogP contribution in [0.2, 0.25) is 0 Å². The van der Waals surface area contributed by atoms with Crippen LogP contribution < -0.4 is 5.32 Å². The van der Waals surface area contributed by atoms with Crippen molar-refractivity contribution in [3.63, 3.8) is 0 Å². The molecule has 0 aliphatic rings. The molecule has 0 bridgehead atoms. The lowest BCUT2D eigenvalue weighted by molar-refractivity contribution is 0.684. The summed E-state index contributed by atoms with van der Waals surface area (Å²) in [5, 5.41) is 13.0. The lowest BCUT2D eigenvalue weighted by atomic mass is 10.1. The summed E-state index contributed by atoms with van der Waals surface area (Å²) in [6.45, 7) is 7.81. The van der Waals surface area contributed by atoms with Gasteiger partial charge in [-0.1, -0.05) is 48.0 Å². The molecule has 0 amide bonds. The molecule has 0 aliphatic heterocycles. The van der Waals surface area contributed by atoms with Crippen LogP contribution in [0, 0.1) is 20.8 Å². The van der Waals surface area contributed by atoms with E-state index in [1.54, 1.807) is 0 Å². The van der Waals surface area contributed by atoms with Crippen LogP contribution in [-0.4, -0.2) is 19.6 Å². The van der Waals surface area contributed by atoms with Gasteiger partial charge in [0.2, 0.25) is 0 Å². The van der Waals surface area contributed by atoms with Gasteiger partial charge in [-0.25, -0.2) is 4.68 Å². The highest BCUT2D eigenvalue weighted by molar-refractivity contribution is 5.63.